The van der Waals surface area contributed by atoms with Crippen molar-refractivity contribution in [2.75, 3.05) is 0 Å². The molecule has 0 fully saturated rings. The lowest BCUT2D eigenvalue weighted by molar-refractivity contribution is 0.101. The van der Waals surface area contributed by atoms with Gasteiger partial charge in [-0.15, -0.1) is 0 Å². The lowest BCUT2D eigenvalue weighted by atomic mass is 10.1. The van der Waals surface area contributed by atoms with E-state index in [1.807, 2.05) is 19.1 Å². The molecule has 0 atom stereocenters. The number of hydrogen-bond acceptors (Lipinski definition) is 2. The average Bonchev–Trinajstić information content (AvgIpc) is 2.83. The van der Waals surface area contributed by atoms with Gasteiger partial charge in [0.15, 0.2) is 5.76 Å². The van der Waals surface area contributed by atoms with E-state index in [1.54, 1.807) is 12.1 Å². The Bertz CT molecular complexity index is 820. The second kappa shape index (κ2) is 4.87. The summed E-state index contributed by atoms with van der Waals surface area (Å²) in [6.07, 6.45) is 0. The van der Waals surface area contributed by atoms with Crippen molar-refractivity contribution in [3.8, 4) is 0 Å². The van der Waals surface area contributed by atoms with Crippen LogP contribution in [0.5, 0.6) is 0 Å². The highest BCUT2D eigenvalue weighted by Crippen LogP contribution is 2.26. The Hall–Kier alpha value is -1.94. The van der Waals surface area contributed by atoms with Crippen LogP contribution in [0.2, 0.25) is 0 Å². The van der Waals surface area contributed by atoms with Gasteiger partial charge in [0, 0.05) is 15.4 Å². The molecule has 2 aromatic carbocycles. The van der Waals surface area contributed by atoms with Crippen LogP contribution in [0.25, 0.3) is 11.0 Å². The van der Waals surface area contributed by atoms with Crippen LogP contribution < -0.4 is 0 Å². The molecule has 0 aliphatic carbocycles. The Morgan fingerprint density at radius 1 is 1.15 bits per heavy atom. The molecule has 0 amide bonds. The predicted molar refractivity (Wildman–Crippen MR) is 78.5 cm³/mol. The number of rotatable bonds is 2. The maximum absolute atomic E-state index is 13.2. The minimum atomic E-state index is -0.353. The van der Waals surface area contributed by atoms with E-state index < -0.39 is 0 Å². The molecule has 0 saturated carbocycles. The van der Waals surface area contributed by atoms with Crippen molar-refractivity contribution in [3.05, 3.63) is 69.6 Å². The van der Waals surface area contributed by atoms with Gasteiger partial charge in [-0.1, -0.05) is 27.6 Å². The minimum absolute atomic E-state index is 0.205. The van der Waals surface area contributed by atoms with Gasteiger partial charge in [-0.25, -0.2) is 4.39 Å². The molecular formula is C16H10BrFO2. The largest absolute Gasteiger partial charge is 0.453 e. The molecule has 0 aliphatic heterocycles. The van der Waals surface area contributed by atoms with Crippen LogP contribution in [0.15, 0.2) is 51.4 Å². The molecule has 3 aromatic rings. The number of hydrogen-bond donors (Lipinski definition) is 0. The van der Waals surface area contributed by atoms with Gasteiger partial charge in [-0.3, -0.25) is 4.79 Å². The van der Waals surface area contributed by atoms with E-state index in [4.69, 9.17) is 4.42 Å². The summed E-state index contributed by atoms with van der Waals surface area (Å²) in [7, 11) is 0. The molecule has 20 heavy (non-hydrogen) atoms. The van der Waals surface area contributed by atoms with Crippen molar-refractivity contribution in [1.29, 1.82) is 0 Å². The molecule has 0 aliphatic rings. The van der Waals surface area contributed by atoms with Crippen molar-refractivity contribution in [2.45, 2.75) is 6.92 Å². The number of carbonyl (C=O) groups excluding carboxylic acids is 1. The molecule has 4 heteroatoms. The number of carbonyl (C=O) groups is 1. The maximum atomic E-state index is 13.2. The number of aryl methyl sites for hydroxylation is 1. The zero-order valence-corrected chi connectivity index (χ0v) is 12.2. The van der Waals surface area contributed by atoms with Crippen molar-refractivity contribution >= 4 is 32.7 Å². The van der Waals surface area contributed by atoms with Gasteiger partial charge in [-0.2, -0.15) is 0 Å². The first-order chi connectivity index (χ1) is 9.54. The SMILES string of the molecule is Cc1ccc(Br)c(C(=O)c2cc3cc(F)ccc3o2)c1. The molecule has 0 N–H and O–H groups in total. The molecule has 100 valence electrons. The van der Waals surface area contributed by atoms with Crippen LogP contribution in [0.1, 0.15) is 21.7 Å². The van der Waals surface area contributed by atoms with E-state index in [0.717, 1.165) is 5.56 Å². The van der Waals surface area contributed by atoms with Gasteiger partial charge >= 0.3 is 0 Å². The monoisotopic (exact) mass is 332 g/mol. The highest BCUT2D eigenvalue weighted by atomic mass is 79.9. The van der Waals surface area contributed by atoms with Crippen LogP contribution in [-0.4, -0.2) is 5.78 Å². The van der Waals surface area contributed by atoms with Crippen LogP contribution in [0.3, 0.4) is 0 Å². The summed E-state index contributed by atoms with van der Waals surface area (Å²) in [6.45, 7) is 1.91. The number of furan rings is 1. The molecule has 1 aromatic heterocycles. The highest BCUT2D eigenvalue weighted by Gasteiger charge is 2.17. The Labute approximate surface area is 123 Å². The Kier molecular flexibility index (Phi) is 3.18. The quantitative estimate of drug-likeness (QED) is 0.626. The van der Waals surface area contributed by atoms with Crippen LogP contribution in [0, 0.1) is 12.7 Å². The third-order valence-electron chi connectivity index (χ3n) is 3.07. The van der Waals surface area contributed by atoms with Gasteiger partial charge < -0.3 is 4.42 Å². The minimum Gasteiger partial charge on any atom is -0.453 e. The van der Waals surface area contributed by atoms with E-state index in [1.165, 1.54) is 18.2 Å². The Balaban J connectivity index is 2.10. The van der Waals surface area contributed by atoms with Gasteiger partial charge in [0.05, 0.1) is 0 Å². The average molecular weight is 333 g/mol. The summed E-state index contributed by atoms with van der Waals surface area (Å²) < 4.78 is 19.4. The second-order valence-corrected chi connectivity index (χ2v) is 5.46. The van der Waals surface area contributed by atoms with E-state index >= 15 is 0 Å². The number of ketones is 1. The highest BCUT2D eigenvalue weighted by molar-refractivity contribution is 9.10. The summed E-state index contributed by atoms with van der Waals surface area (Å²) in [5.41, 5.74) is 2.02. The molecule has 3 rings (SSSR count). The first-order valence-electron chi connectivity index (χ1n) is 6.04. The van der Waals surface area contributed by atoms with Crippen LogP contribution in [-0.2, 0) is 0 Å². The summed E-state index contributed by atoms with van der Waals surface area (Å²) in [5.74, 6) is -0.372. The fourth-order valence-corrected chi connectivity index (χ4v) is 2.50. The van der Waals surface area contributed by atoms with Crippen molar-refractivity contribution in [1.82, 2.24) is 0 Å². The van der Waals surface area contributed by atoms with Crippen molar-refractivity contribution in [2.24, 2.45) is 0 Å². The summed E-state index contributed by atoms with van der Waals surface area (Å²) in [5, 5.41) is 0.581. The Morgan fingerprint density at radius 3 is 2.75 bits per heavy atom. The predicted octanol–water partition coefficient (Wildman–Crippen LogP) is 4.87. The molecule has 0 bridgehead atoms. The fraction of sp³-hybridized carbons (Fsp3) is 0.0625. The molecular weight excluding hydrogens is 323 g/mol. The molecule has 0 spiro atoms. The normalized spacial score (nSPS) is 10.9. The second-order valence-electron chi connectivity index (χ2n) is 4.61. The zero-order valence-electron chi connectivity index (χ0n) is 10.6. The van der Waals surface area contributed by atoms with Gasteiger partial charge in [0.25, 0.3) is 0 Å². The molecule has 1 heterocycles. The smallest absolute Gasteiger partial charge is 0.229 e. The van der Waals surface area contributed by atoms with Gasteiger partial charge in [0.1, 0.15) is 11.4 Å². The van der Waals surface area contributed by atoms with Crippen molar-refractivity contribution in [3.63, 3.8) is 0 Å². The lowest BCUT2D eigenvalue weighted by Crippen LogP contribution is -2.01. The van der Waals surface area contributed by atoms with E-state index in [-0.39, 0.29) is 17.4 Å². The lowest BCUT2D eigenvalue weighted by Gasteiger charge is -2.02. The standard InChI is InChI=1S/C16H10BrFO2/c1-9-2-4-13(17)12(6-9)16(19)15-8-10-7-11(18)3-5-14(10)20-15/h2-8H,1H3. The van der Waals surface area contributed by atoms with Gasteiger partial charge in [0.2, 0.25) is 5.78 Å². The van der Waals surface area contributed by atoms with Crippen molar-refractivity contribution < 1.29 is 13.6 Å². The van der Waals surface area contributed by atoms with Crippen LogP contribution in [0.4, 0.5) is 4.39 Å². The van der Waals surface area contributed by atoms with E-state index in [0.29, 0.717) is 21.0 Å². The molecule has 0 unspecified atom stereocenters. The number of benzene rings is 2. The van der Waals surface area contributed by atoms with E-state index in [2.05, 4.69) is 15.9 Å². The fourth-order valence-electron chi connectivity index (χ4n) is 2.07. The Morgan fingerprint density at radius 2 is 1.95 bits per heavy atom. The van der Waals surface area contributed by atoms with Gasteiger partial charge in [-0.05, 0) is 43.3 Å². The van der Waals surface area contributed by atoms with Crippen LogP contribution >= 0.6 is 15.9 Å². The zero-order chi connectivity index (χ0) is 14.3. The molecule has 2 nitrogen and oxygen atoms in total. The topological polar surface area (TPSA) is 30.2 Å². The number of halogens is 2. The number of fused-ring (bicyclic) bond motifs is 1. The maximum Gasteiger partial charge on any atom is 0.229 e. The summed E-state index contributed by atoms with van der Waals surface area (Å²) in [6, 6.07) is 11.3. The molecule has 0 saturated heterocycles. The third kappa shape index (κ3) is 2.27. The van der Waals surface area contributed by atoms with E-state index in [9.17, 15) is 9.18 Å². The first kappa shape index (κ1) is 13.1. The molecule has 0 radical (unpaired) electrons. The third-order valence-corrected chi connectivity index (χ3v) is 3.76. The summed E-state index contributed by atoms with van der Waals surface area (Å²) in [4.78, 5) is 12.5. The first-order valence-corrected chi connectivity index (χ1v) is 6.84. The summed E-state index contributed by atoms with van der Waals surface area (Å²) >= 11 is 3.36.